The zero-order valence-corrected chi connectivity index (χ0v) is 18.0. The van der Waals surface area contributed by atoms with Crippen LogP contribution in [-0.4, -0.2) is 23.1 Å². The Morgan fingerprint density at radius 3 is 1.72 bits per heavy atom. The number of hydrogen-bond acceptors (Lipinski definition) is 4. The lowest BCUT2D eigenvalue weighted by molar-refractivity contribution is -0.114. The predicted octanol–water partition coefficient (Wildman–Crippen LogP) is 5.04. The zero-order valence-electron chi connectivity index (χ0n) is 18.0. The van der Waals surface area contributed by atoms with Gasteiger partial charge in [-0.15, -0.1) is 0 Å². The molecule has 0 fully saturated rings. The fourth-order valence-corrected chi connectivity index (χ4v) is 3.45. The number of allylic oxidation sites excluding steroid dienone is 1. The second kappa shape index (κ2) is 10.4. The van der Waals surface area contributed by atoms with Gasteiger partial charge in [0.25, 0.3) is 0 Å². The van der Waals surface area contributed by atoms with Gasteiger partial charge in [-0.05, 0) is 47.9 Å². The highest BCUT2D eigenvalue weighted by molar-refractivity contribution is 6.06. The molecule has 0 heterocycles. The molecule has 0 saturated heterocycles. The fraction of sp³-hybridized carbons (Fsp3) is 0.143. The minimum Gasteiger partial charge on any atom is -0.295 e. The van der Waals surface area contributed by atoms with Gasteiger partial charge in [-0.1, -0.05) is 61.2 Å². The molecule has 160 valence electrons. The van der Waals surface area contributed by atoms with Crippen LogP contribution in [0.1, 0.15) is 54.7 Å². The molecule has 3 aromatic carbocycles. The van der Waals surface area contributed by atoms with Crippen LogP contribution in [0.4, 0.5) is 0 Å². The average Bonchev–Trinajstić information content (AvgIpc) is 2.79. The van der Waals surface area contributed by atoms with Crippen molar-refractivity contribution in [3.63, 3.8) is 0 Å². The molecular formula is C28H24O4. The summed E-state index contributed by atoms with van der Waals surface area (Å²) in [6.45, 7) is 4.89. The van der Waals surface area contributed by atoms with Crippen LogP contribution in [0, 0.1) is 0 Å². The van der Waals surface area contributed by atoms with Crippen molar-refractivity contribution in [1.29, 1.82) is 0 Å². The van der Waals surface area contributed by atoms with Crippen molar-refractivity contribution < 1.29 is 19.2 Å². The third kappa shape index (κ3) is 6.05. The van der Waals surface area contributed by atoms with Crippen molar-refractivity contribution in [3.05, 3.63) is 119 Å². The number of Topliss-reactive ketones (excluding diaryl/α,β-unsaturated/α-hetero) is 3. The highest BCUT2D eigenvalue weighted by atomic mass is 16.1. The SMILES string of the molecule is C=CC(=O)Cc1cccc(CC(=O)c2cc(C(C)=O)cc(C(=O)Cc3ccccc3)c2)c1. The molecule has 0 spiro atoms. The number of hydrogen-bond donors (Lipinski definition) is 0. The Balaban J connectivity index is 1.85. The van der Waals surface area contributed by atoms with E-state index in [1.165, 1.54) is 19.1 Å². The zero-order chi connectivity index (χ0) is 23.1. The van der Waals surface area contributed by atoms with Gasteiger partial charge in [0.05, 0.1) is 0 Å². The molecule has 0 aliphatic carbocycles. The van der Waals surface area contributed by atoms with Gasteiger partial charge in [0.1, 0.15) is 0 Å². The summed E-state index contributed by atoms with van der Waals surface area (Å²) in [7, 11) is 0. The van der Waals surface area contributed by atoms with Crippen LogP contribution < -0.4 is 0 Å². The number of carbonyl (C=O) groups is 4. The van der Waals surface area contributed by atoms with E-state index in [1.807, 2.05) is 48.5 Å². The maximum Gasteiger partial charge on any atom is 0.167 e. The van der Waals surface area contributed by atoms with E-state index in [9.17, 15) is 19.2 Å². The molecule has 0 aliphatic heterocycles. The Morgan fingerprint density at radius 2 is 1.16 bits per heavy atom. The quantitative estimate of drug-likeness (QED) is 0.338. The summed E-state index contributed by atoms with van der Waals surface area (Å²) >= 11 is 0. The molecule has 0 amide bonds. The highest BCUT2D eigenvalue weighted by Gasteiger charge is 2.16. The topological polar surface area (TPSA) is 68.3 Å². The van der Waals surface area contributed by atoms with Crippen molar-refractivity contribution >= 4 is 23.1 Å². The van der Waals surface area contributed by atoms with Crippen LogP contribution in [0.3, 0.4) is 0 Å². The lowest BCUT2D eigenvalue weighted by Gasteiger charge is -2.09. The van der Waals surface area contributed by atoms with E-state index in [1.54, 1.807) is 18.2 Å². The minimum atomic E-state index is -0.210. The van der Waals surface area contributed by atoms with E-state index in [4.69, 9.17) is 0 Å². The van der Waals surface area contributed by atoms with Crippen LogP contribution in [0.25, 0.3) is 0 Å². The summed E-state index contributed by atoms with van der Waals surface area (Å²) < 4.78 is 0. The van der Waals surface area contributed by atoms with E-state index in [0.717, 1.165) is 16.7 Å². The monoisotopic (exact) mass is 424 g/mol. The van der Waals surface area contributed by atoms with Gasteiger partial charge in [0.15, 0.2) is 23.1 Å². The summed E-state index contributed by atoms with van der Waals surface area (Å²) in [5.74, 6) is -0.658. The number of benzene rings is 3. The molecule has 32 heavy (non-hydrogen) atoms. The summed E-state index contributed by atoms with van der Waals surface area (Å²) in [5, 5.41) is 0. The molecule has 3 rings (SSSR count). The van der Waals surface area contributed by atoms with Crippen LogP contribution in [0.5, 0.6) is 0 Å². The van der Waals surface area contributed by atoms with E-state index in [0.29, 0.717) is 16.7 Å². The standard InChI is InChI=1S/C28H24O4/c1-3-26(30)13-21-10-7-11-22(12-21)15-28(32)25-17-23(19(2)29)16-24(18-25)27(31)14-20-8-5-4-6-9-20/h3-12,16-18H,1,13-15H2,2H3. The first-order valence-electron chi connectivity index (χ1n) is 10.3. The van der Waals surface area contributed by atoms with Crippen molar-refractivity contribution in [2.45, 2.75) is 26.2 Å². The second-order valence-electron chi connectivity index (χ2n) is 7.71. The maximum atomic E-state index is 13.0. The minimum absolute atomic E-state index is 0.0933. The Bertz CT molecular complexity index is 1190. The number of carbonyl (C=O) groups excluding carboxylic acids is 4. The van der Waals surface area contributed by atoms with Crippen LogP contribution in [-0.2, 0) is 24.1 Å². The summed E-state index contributed by atoms with van der Waals surface area (Å²) in [4.78, 5) is 49.5. The lowest BCUT2D eigenvalue weighted by atomic mass is 9.94. The van der Waals surface area contributed by atoms with Crippen LogP contribution in [0.2, 0.25) is 0 Å². The van der Waals surface area contributed by atoms with Gasteiger partial charge in [-0.25, -0.2) is 0 Å². The highest BCUT2D eigenvalue weighted by Crippen LogP contribution is 2.17. The Morgan fingerprint density at radius 1 is 0.656 bits per heavy atom. The van der Waals surface area contributed by atoms with E-state index in [2.05, 4.69) is 6.58 Å². The molecular weight excluding hydrogens is 400 g/mol. The van der Waals surface area contributed by atoms with Gasteiger partial charge in [-0.3, -0.25) is 19.2 Å². The molecule has 0 aromatic heterocycles. The summed E-state index contributed by atoms with van der Waals surface area (Å²) in [6.07, 6.45) is 1.79. The molecule has 4 nitrogen and oxygen atoms in total. The van der Waals surface area contributed by atoms with Crippen molar-refractivity contribution in [1.82, 2.24) is 0 Å². The van der Waals surface area contributed by atoms with Crippen molar-refractivity contribution in [2.75, 3.05) is 0 Å². The molecule has 0 atom stereocenters. The fourth-order valence-electron chi connectivity index (χ4n) is 3.45. The molecule has 0 N–H and O–H groups in total. The first kappa shape index (κ1) is 22.8. The Kier molecular flexibility index (Phi) is 7.40. The van der Waals surface area contributed by atoms with Gasteiger partial charge < -0.3 is 0 Å². The van der Waals surface area contributed by atoms with E-state index in [-0.39, 0.29) is 42.4 Å². The van der Waals surface area contributed by atoms with Gasteiger partial charge in [-0.2, -0.15) is 0 Å². The lowest BCUT2D eigenvalue weighted by Crippen LogP contribution is -2.11. The number of ketones is 4. The average molecular weight is 424 g/mol. The third-order valence-corrected chi connectivity index (χ3v) is 5.15. The molecule has 0 radical (unpaired) electrons. The Labute approximate surface area is 187 Å². The molecule has 0 bridgehead atoms. The second-order valence-corrected chi connectivity index (χ2v) is 7.71. The first-order chi connectivity index (χ1) is 15.4. The van der Waals surface area contributed by atoms with Gasteiger partial charge in [0.2, 0.25) is 0 Å². The molecule has 0 aliphatic rings. The van der Waals surface area contributed by atoms with Crippen molar-refractivity contribution in [3.8, 4) is 0 Å². The largest absolute Gasteiger partial charge is 0.295 e. The third-order valence-electron chi connectivity index (χ3n) is 5.15. The van der Waals surface area contributed by atoms with Gasteiger partial charge in [0, 0.05) is 36.0 Å². The predicted molar refractivity (Wildman–Crippen MR) is 124 cm³/mol. The van der Waals surface area contributed by atoms with Crippen molar-refractivity contribution in [2.24, 2.45) is 0 Å². The van der Waals surface area contributed by atoms with Gasteiger partial charge >= 0.3 is 0 Å². The normalized spacial score (nSPS) is 10.4. The van der Waals surface area contributed by atoms with E-state index >= 15 is 0 Å². The maximum absolute atomic E-state index is 13.0. The first-order valence-corrected chi connectivity index (χ1v) is 10.3. The molecule has 0 unspecified atom stereocenters. The van der Waals surface area contributed by atoms with Crippen LogP contribution >= 0.6 is 0 Å². The summed E-state index contributed by atoms with van der Waals surface area (Å²) in [5.41, 5.74) is 3.42. The number of rotatable bonds is 10. The Hall–Kier alpha value is -3.92. The molecule has 3 aromatic rings. The smallest absolute Gasteiger partial charge is 0.167 e. The molecule has 4 heteroatoms. The summed E-state index contributed by atoms with van der Waals surface area (Å²) in [6, 6.07) is 21.2. The molecule has 0 saturated carbocycles. The van der Waals surface area contributed by atoms with Crippen LogP contribution in [0.15, 0.2) is 85.5 Å². The van der Waals surface area contributed by atoms with E-state index < -0.39 is 0 Å².